The number of sulfonamides is 1. The molecule has 18 heteroatoms. The van der Waals surface area contributed by atoms with Crippen LogP contribution in [0.25, 0.3) is 0 Å². The van der Waals surface area contributed by atoms with Crippen molar-refractivity contribution in [3.05, 3.63) is 89.5 Å². The van der Waals surface area contributed by atoms with Crippen LogP contribution in [0.1, 0.15) is 56.2 Å². The van der Waals surface area contributed by atoms with E-state index in [1.54, 1.807) is 44.4 Å². The Morgan fingerprint density at radius 1 is 1.02 bits per heavy atom. The van der Waals surface area contributed by atoms with E-state index in [1.807, 2.05) is 49.4 Å². The lowest BCUT2D eigenvalue weighted by Crippen LogP contribution is -2.44. The molecule has 0 aromatic heterocycles. The van der Waals surface area contributed by atoms with Crippen LogP contribution < -0.4 is 14.8 Å². The van der Waals surface area contributed by atoms with Crippen molar-refractivity contribution in [3.63, 3.8) is 0 Å². The molecule has 0 bridgehead atoms. The number of esters is 1. The van der Waals surface area contributed by atoms with Crippen LogP contribution in [-0.2, 0) is 60.4 Å². The van der Waals surface area contributed by atoms with Gasteiger partial charge in [0.15, 0.2) is 6.10 Å². The van der Waals surface area contributed by atoms with E-state index < -0.39 is 54.3 Å². The fourth-order valence-electron chi connectivity index (χ4n) is 6.92. The number of hydrogen-bond acceptors (Lipinski definition) is 14. The van der Waals surface area contributed by atoms with E-state index in [1.165, 1.54) is 11.2 Å². The van der Waals surface area contributed by atoms with Gasteiger partial charge in [0.25, 0.3) is 0 Å². The van der Waals surface area contributed by atoms with Gasteiger partial charge in [-0.2, -0.15) is 4.31 Å². The number of carbonyl (C=O) groups excluding carboxylic acids is 2. The molecule has 3 aromatic carbocycles. The minimum absolute atomic E-state index is 0.0148. The second kappa shape index (κ2) is 22.7. The highest BCUT2D eigenvalue weighted by atomic mass is 32.2. The van der Waals surface area contributed by atoms with Gasteiger partial charge in [0.05, 0.1) is 45.0 Å². The summed E-state index contributed by atoms with van der Waals surface area (Å²) in [6.45, 7) is 6.32. The number of methoxy groups -OCH3 is 1. The number of hydrogen-bond donors (Lipinski definition) is 2. The Bertz CT molecular complexity index is 1990. The maximum Gasteiger partial charge on any atom is 0.407 e. The molecule has 2 heterocycles. The van der Waals surface area contributed by atoms with Crippen LogP contribution in [0.15, 0.2) is 77.7 Å². The first kappa shape index (κ1) is 47.0. The quantitative estimate of drug-likeness (QED) is 0.0673. The first-order valence-corrected chi connectivity index (χ1v) is 23.3. The number of nitrogens with zero attached hydrogens (tertiary/aromatic N) is 1. The lowest BCUT2D eigenvalue weighted by Gasteiger charge is -2.33. The predicted molar refractivity (Wildman–Crippen MR) is 220 cm³/mol. The highest BCUT2D eigenvalue weighted by Crippen LogP contribution is 2.50. The number of aliphatic hydroxyl groups is 1. The Morgan fingerprint density at radius 3 is 2.48 bits per heavy atom. The largest absolute Gasteiger partial charge is 0.497 e. The van der Waals surface area contributed by atoms with E-state index >= 15 is 0 Å². The molecule has 330 valence electrons. The van der Waals surface area contributed by atoms with Crippen molar-refractivity contribution >= 4 is 29.7 Å². The van der Waals surface area contributed by atoms with E-state index in [-0.39, 0.29) is 69.5 Å². The van der Waals surface area contributed by atoms with Gasteiger partial charge in [-0.25, -0.2) is 18.0 Å². The smallest absolute Gasteiger partial charge is 0.407 e. The molecule has 5 rings (SSSR count). The molecule has 0 spiro atoms. The maximum atomic E-state index is 13.7. The summed E-state index contributed by atoms with van der Waals surface area (Å²) in [7, 11) is -6.16. The first-order chi connectivity index (χ1) is 28.8. The molecule has 3 unspecified atom stereocenters. The number of benzene rings is 3. The van der Waals surface area contributed by atoms with Crippen molar-refractivity contribution in [2.24, 2.45) is 5.92 Å². The molecule has 1 saturated heterocycles. The number of aliphatic hydroxyl groups excluding tert-OH is 1. The molecule has 60 heavy (non-hydrogen) atoms. The summed E-state index contributed by atoms with van der Waals surface area (Å²) in [5, 5.41) is 12.4. The number of rotatable bonds is 23. The van der Waals surface area contributed by atoms with Gasteiger partial charge in [-0.3, -0.25) is 9.09 Å². The third kappa shape index (κ3) is 13.5. The molecule has 2 N–H and O–H groups in total. The van der Waals surface area contributed by atoms with Crippen LogP contribution in [0.2, 0.25) is 0 Å². The third-order valence-corrected chi connectivity index (χ3v) is 13.7. The van der Waals surface area contributed by atoms with Crippen molar-refractivity contribution in [3.8, 4) is 11.5 Å². The number of amides is 1. The van der Waals surface area contributed by atoms with E-state index in [2.05, 4.69) is 5.32 Å². The van der Waals surface area contributed by atoms with Gasteiger partial charge in [0.1, 0.15) is 30.6 Å². The van der Waals surface area contributed by atoms with E-state index in [4.69, 9.17) is 37.5 Å². The van der Waals surface area contributed by atoms with E-state index in [0.717, 1.165) is 11.1 Å². The summed E-state index contributed by atoms with van der Waals surface area (Å²) in [5.41, 5.74) is 2.32. The van der Waals surface area contributed by atoms with Crippen molar-refractivity contribution < 1.29 is 65.1 Å². The van der Waals surface area contributed by atoms with Crippen LogP contribution in [0.4, 0.5) is 4.79 Å². The summed E-state index contributed by atoms with van der Waals surface area (Å²) >= 11 is 0. The summed E-state index contributed by atoms with van der Waals surface area (Å²) in [6.07, 6.45) is -1.62. The van der Waals surface area contributed by atoms with Gasteiger partial charge in [0.2, 0.25) is 10.0 Å². The van der Waals surface area contributed by atoms with Gasteiger partial charge in [-0.05, 0) is 86.1 Å². The molecular formula is C42H57N2O14PS. The zero-order chi connectivity index (χ0) is 43.1. The Hall–Kier alpha value is -4.06. The molecule has 16 nitrogen and oxygen atoms in total. The Labute approximate surface area is 352 Å². The van der Waals surface area contributed by atoms with Crippen LogP contribution >= 0.6 is 7.60 Å². The molecule has 2 aliphatic heterocycles. The molecule has 1 amide bonds. The first-order valence-electron chi connectivity index (χ1n) is 20.1. The average Bonchev–Trinajstić information content (AvgIpc) is 3.67. The number of fused-ring (bicyclic) bond motifs is 1. The maximum absolute atomic E-state index is 13.7. The summed E-state index contributed by atoms with van der Waals surface area (Å²) in [5.74, 6) is 0.249. The molecule has 2 aliphatic rings. The van der Waals surface area contributed by atoms with Crippen molar-refractivity contribution in [1.29, 1.82) is 0 Å². The topological polar surface area (TPSA) is 195 Å². The van der Waals surface area contributed by atoms with Crippen LogP contribution in [-0.4, -0.2) is 114 Å². The minimum atomic E-state index is -3.89. The summed E-state index contributed by atoms with van der Waals surface area (Å²) in [4.78, 5) is 25.7. The number of ether oxygens (including phenoxy) is 6. The van der Waals surface area contributed by atoms with Crippen molar-refractivity contribution in [2.75, 3.05) is 66.2 Å². The van der Waals surface area contributed by atoms with Gasteiger partial charge < -0.3 is 43.4 Å². The van der Waals surface area contributed by atoms with Gasteiger partial charge in [0, 0.05) is 31.7 Å². The van der Waals surface area contributed by atoms with Gasteiger partial charge in [-0.1, -0.05) is 49.4 Å². The zero-order valence-electron chi connectivity index (χ0n) is 34.6. The molecule has 0 saturated carbocycles. The molecule has 3 aromatic rings. The van der Waals surface area contributed by atoms with Crippen LogP contribution in [0.3, 0.4) is 0 Å². The van der Waals surface area contributed by atoms with Crippen molar-refractivity contribution in [1.82, 2.24) is 9.62 Å². The second-order valence-electron chi connectivity index (χ2n) is 14.7. The fourth-order valence-corrected chi connectivity index (χ4v) is 10.2. The molecule has 0 radical (unpaired) electrons. The van der Waals surface area contributed by atoms with Gasteiger partial charge >= 0.3 is 19.7 Å². The molecule has 1 fully saturated rings. The number of carbonyl (C=O) groups is 2. The Kier molecular flexibility index (Phi) is 17.8. The minimum Gasteiger partial charge on any atom is -0.497 e. The SMILES string of the molecule is CCOC(=O)[C@H](C)OP(=O)(COCCOc1ccc(C[C@@H](CCN2CC(C)c3cc(OC)ccc3S2(=O)=O)NC(=O)OC2COC[C@H]2CCO)cc1)OCc1ccccc1. The van der Waals surface area contributed by atoms with E-state index in [0.29, 0.717) is 42.9 Å². The van der Waals surface area contributed by atoms with Crippen LogP contribution in [0, 0.1) is 5.92 Å². The highest BCUT2D eigenvalue weighted by molar-refractivity contribution is 7.89. The van der Waals surface area contributed by atoms with Crippen molar-refractivity contribution in [2.45, 2.75) is 75.7 Å². The predicted octanol–water partition coefficient (Wildman–Crippen LogP) is 5.66. The average molecular weight is 877 g/mol. The lowest BCUT2D eigenvalue weighted by molar-refractivity contribution is -0.151. The second-order valence-corrected chi connectivity index (χ2v) is 18.5. The standard InChI is InChI=1S/C42H57N2O14PS/c1-5-54-41(46)31(3)58-59(48,56-26-33-9-7-6-8-10-33)29-52-21-22-55-36-13-11-32(12-14-36)23-35(43-42(47)57-39-28-53-27-34(39)18-20-45)17-19-44-25-30(2)38-24-37(51-4)15-16-40(38)60(44,49)50/h6-16,24,30-31,34-35,39,45H,5,17-23,25-29H2,1-4H3,(H,43,47)/t30?,31-,34+,35+,39?,59?/m0/s1. The lowest BCUT2D eigenvalue weighted by atomic mass is 10.00. The van der Waals surface area contributed by atoms with Gasteiger partial charge in [-0.15, -0.1) is 0 Å². The highest BCUT2D eigenvalue weighted by Gasteiger charge is 2.37. The Balaban J connectivity index is 1.18. The number of alkyl carbamates (subject to hydrolysis) is 1. The number of nitrogens with one attached hydrogen (secondary N) is 1. The fraction of sp³-hybridized carbons (Fsp3) is 0.524. The van der Waals surface area contributed by atoms with Crippen LogP contribution in [0.5, 0.6) is 11.5 Å². The molecule has 0 aliphatic carbocycles. The molecular weight excluding hydrogens is 820 g/mol. The third-order valence-electron chi connectivity index (χ3n) is 10.1. The summed E-state index contributed by atoms with van der Waals surface area (Å²) in [6, 6.07) is 20.8. The summed E-state index contributed by atoms with van der Waals surface area (Å²) < 4.78 is 86.8. The normalized spacial score (nSPS) is 20.6. The van der Waals surface area contributed by atoms with E-state index in [9.17, 15) is 27.7 Å². The zero-order valence-corrected chi connectivity index (χ0v) is 36.3. The Morgan fingerprint density at radius 2 is 1.77 bits per heavy atom. The monoisotopic (exact) mass is 876 g/mol. The molecule has 6 atom stereocenters.